The first-order chi connectivity index (χ1) is 12.0. The minimum Gasteiger partial charge on any atom is -0.493 e. The van der Waals surface area contributed by atoms with Gasteiger partial charge in [0, 0.05) is 11.1 Å². The monoisotopic (exact) mass is 340 g/mol. The van der Waals surface area contributed by atoms with Gasteiger partial charge in [-0.1, -0.05) is 6.07 Å². The van der Waals surface area contributed by atoms with Crippen LogP contribution in [0, 0.1) is 6.92 Å². The summed E-state index contributed by atoms with van der Waals surface area (Å²) in [5, 5.41) is 9.59. The molecule has 0 aliphatic carbocycles. The van der Waals surface area contributed by atoms with E-state index in [0.29, 0.717) is 28.4 Å². The summed E-state index contributed by atoms with van der Waals surface area (Å²) in [7, 11) is 3.03. The van der Waals surface area contributed by atoms with Crippen molar-refractivity contribution in [2.24, 2.45) is 0 Å². The fraction of sp³-hybridized carbons (Fsp3) is 0.158. The second kappa shape index (κ2) is 6.32. The average molecular weight is 340 g/mol. The molecule has 3 aromatic rings. The number of methoxy groups -OCH3 is 2. The van der Waals surface area contributed by atoms with Crippen LogP contribution in [0.5, 0.6) is 11.5 Å². The summed E-state index contributed by atoms with van der Waals surface area (Å²) in [6.45, 7) is 1.64. The highest BCUT2D eigenvalue weighted by Crippen LogP contribution is 2.34. The van der Waals surface area contributed by atoms with Crippen molar-refractivity contribution in [3.63, 3.8) is 0 Å². The van der Waals surface area contributed by atoms with E-state index >= 15 is 0 Å². The van der Waals surface area contributed by atoms with Crippen molar-refractivity contribution < 1.29 is 23.8 Å². The smallest absolute Gasteiger partial charge is 0.339 e. The molecule has 0 atom stereocenters. The molecule has 0 bridgehead atoms. The van der Waals surface area contributed by atoms with Gasteiger partial charge in [0.05, 0.1) is 19.6 Å². The maximum absolute atomic E-state index is 12.7. The summed E-state index contributed by atoms with van der Waals surface area (Å²) in [4.78, 5) is 24.1. The highest BCUT2D eigenvalue weighted by atomic mass is 16.5. The van der Waals surface area contributed by atoms with Crippen molar-refractivity contribution in [2.75, 3.05) is 14.2 Å². The number of fused-ring (bicyclic) bond motifs is 1. The van der Waals surface area contributed by atoms with Gasteiger partial charge in [0.1, 0.15) is 11.3 Å². The predicted octanol–water partition coefficient (Wildman–Crippen LogP) is 3.48. The van der Waals surface area contributed by atoms with E-state index in [1.807, 2.05) is 0 Å². The molecule has 0 aliphatic heterocycles. The van der Waals surface area contributed by atoms with Gasteiger partial charge in [0.25, 0.3) is 0 Å². The molecule has 1 N–H and O–H groups in total. The van der Waals surface area contributed by atoms with Crippen molar-refractivity contribution in [3.05, 3.63) is 57.7 Å². The lowest BCUT2D eigenvalue weighted by Crippen LogP contribution is -2.09. The van der Waals surface area contributed by atoms with Crippen LogP contribution in [0.25, 0.3) is 22.3 Å². The Balaban J connectivity index is 2.34. The van der Waals surface area contributed by atoms with Crippen LogP contribution in [0.3, 0.4) is 0 Å². The molecule has 1 aromatic heterocycles. The molecule has 0 fully saturated rings. The molecule has 0 saturated carbocycles. The molecule has 6 nitrogen and oxygen atoms in total. The fourth-order valence-corrected chi connectivity index (χ4v) is 2.73. The van der Waals surface area contributed by atoms with E-state index in [-0.39, 0.29) is 22.0 Å². The average Bonchev–Trinajstić information content (AvgIpc) is 2.63. The van der Waals surface area contributed by atoms with Crippen molar-refractivity contribution >= 4 is 16.9 Å². The van der Waals surface area contributed by atoms with Crippen molar-refractivity contribution in [1.82, 2.24) is 0 Å². The second-order valence-corrected chi connectivity index (χ2v) is 5.44. The summed E-state index contributed by atoms with van der Waals surface area (Å²) in [6.07, 6.45) is 0. The summed E-state index contributed by atoms with van der Waals surface area (Å²) in [6, 6.07) is 9.58. The second-order valence-electron chi connectivity index (χ2n) is 5.44. The van der Waals surface area contributed by atoms with Crippen LogP contribution in [0.15, 0.2) is 45.6 Å². The Morgan fingerprint density at radius 3 is 2.44 bits per heavy atom. The first-order valence-electron chi connectivity index (χ1n) is 7.50. The predicted molar refractivity (Wildman–Crippen MR) is 92.7 cm³/mol. The van der Waals surface area contributed by atoms with Crippen molar-refractivity contribution in [3.8, 4) is 22.8 Å². The molecule has 0 amide bonds. The highest BCUT2D eigenvalue weighted by Gasteiger charge is 2.18. The van der Waals surface area contributed by atoms with Crippen LogP contribution >= 0.6 is 0 Å². The lowest BCUT2D eigenvalue weighted by Gasteiger charge is -2.12. The van der Waals surface area contributed by atoms with Gasteiger partial charge in [0.15, 0.2) is 22.5 Å². The Morgan fingerprint density at radius 2 is 1.80 bits per heavy atom. The SMILES string of the molecule is COc1ccc(-c2oc3c(C(=O)O)cccc3c(=O)c2C)cc1OC. The number of ether oxygens (including phenoxy) is 2. The van der Waals surface area contributed by atoms with Gasteiger partial charge in [-0.3, -0.25) is 4.79 Å². The number of carboxylic acid groups (broad SMARTS) is 1. The molecule has 0 spiro atoms. The number of aromatic carboxylic acids is 1. The van der Waals surface area contributed by atoms with Crippen LogP contribution in [-0.4, -0.2) is 25.3 Å². The summed E-state index contributed by atoms with van der Waals surface area (Å²) < 4.78 is 16.3. The standard InChI is InChI=1S/C19H16O6/c1-10-16(20)12-5-4-6-13(19(21)22)18(12)25-17(10)11-7-8-14(23-2)15(9-11)24-3/h4-9H,1-3H3,(H,21,22). The van der Waals surface area contributed by atoms with Gasteiger partial charge >= 0.3 is 5.97 Å². The van der Waals surface area contributed by atoms with Crippen LogP contribution < -0.4 is 14.9 Å². The molecule has 0 unspecified atom stereocenters. The molecule has 25 heavy (non-hydrogen) atoms. The maximum Gasteiger partial charge on any atom is 0.339 e. The zero-order valence-corrected chi connectivity index (χ0v) is 14.0. The zero-order valence-electron chi connectivity index (χ0n) is 14.0. The highest BCUT2D eigenvalue weighted by molar-refractivity contribution is 6.01. The third-order valence-electron chi connectivity index (χ3n) is 4.02. The number of hydrogen-bond acceptors (Lipinski definition) is 5. The molecule has 128 valence electrons. The van der Waals surface area contributed by atoms with Gasteiger partial charge < -0.3 is 19.0 Å². The molecule has 1 heterocycles. The number of para-hydroxylation sites is 1. The number of rotatable bonds is 4. The van der Waals surface area contributed by atoms with Gasteiger partial charge in [-0.05, 0) is 37.3 Å². The third-order valence-corrected chi connectivity index (χ3v) is 4.02. The summed E-state index contributed by atoms with van der Waals surface area (Å²) in [5.74, 6) is 0.162. The van der Waals surface area contributed by atoms with E-state index in [9.17, 15) is 14.7 Å². The van der Waals surface area contributed by atoms with Gasteiger partial charge in [-0.15, -0.1) is 0 Å². The lowest BCUT2D eigenvalue weighted by molar-refractivity contribution is 0.0698. The van der Waals surface area contributed by atoms with E-state index in [1.165, 1.54) is 26.4 Å². The Labute approximate surface area is 143 Å². The molecule has 2 aromatic carbocycles. The Morgan fingerprint density at radius 1 is 1.08 bits per heavy atom. The third kappa shape index (κ3) is 2.71. The maximum atomic E-state index is 12.7. The van der Waals surface area contributed by atoms with Crippen LogP contribution in [0.1, 0.15) is 15.9 Å². The van der Waals surface area contributed by atoms with Gasteiger partial charge in [-0.25, -0.2) is 4.79 Å². The quantitative estimate of drug-likeness (QED) is 0.782. The lowest BCUT2D eigenvalue weighted by atomic mass is 10.0. The van der Waals surface area contributed by atoms with Crippen molar-refractivity contribution in [1.29, 1.82) is 0 Å². The van der Waals surface area contributed by atoms with E-state index in [0.717, 1.165) is 0 Å². The number of hydrogen-bond donors (Lipinski definition) is 1. The van der Waals surface area contributed by atoms with Crippen LogP contribution in [0.4, 0.5) is 0 Å². The first-order valence-corrected chi connectivity index (χ1v) is 7.50. The summed E-state index contributed by atoms with van der Waals surface area (Å²) >= 11 is 0. The molecule has 0 saturated heterocycles. The molecular weight excluding hydrogens is 324 g/mol. The normalized spacial score (nSPS) is 10.7. The Bertz CT molecular complexity index is 1030. The van der Waals surface area contributed by atoms with Crippen LogP contribution in [0.2, 0.25) is 0 Å². The fourth-order valence-electron chi connectivity index (χ4n) is 2.73. The topological polar surface area (TPSA) is 86.0 Å². The molecule has 6 heteroatoms. The minimum atomic E-state index is -1.16. The van der Waals surface area contributed by atoms with E-state index < -0.39 is 5.97 Å². The number of carboxylic acids is 1. The Kier molecular flexibility index (Phi) is 4.19. The first kappa shape index (κ1) is 16.6. The zero-order chi connectivity index (χ0) is 18.1. The largest absolute Gasteiger partial charge is 0.493 e. The van der Waals surface area contributed by atoms with Gasteiger partial charge in [-0.2, -0.15) is 0 Å². The van der Waals surface area contributed by atoms with Crippen molar-refractivity contribution in [2.45, 2.75) is 6.92 Å². The van der Waals surface area contributed by atoms with Crippen LogP contribution in [-0.2, 0) is 0 Å². The van der Waals surface area contributed by atoms with E-state index in [4.69, 9.17) is 13.9 Å². The number of carbonyl (C=O) groups is 1. The summed E-state index contributed by atoms with van der Waals surface area (Å²) in [5.41, 5.74) is 0.706. The number of benzene rings is 2. The molecule has 3 rings (SSSR count). The molecule has 0 radical (unpaired) electrons. The molecular formula is C19H16O6. The Hall–Kier alpha value is -3.28. The van der Waals surface area contributed by atoms with E-state index in [2.05, 4.69) is 0 Å². The minimum absolute atomic E-state index is 0.0513. The molecule has 0 aliphatic rings. The van der Waals surface area contributed by atoms with Gasteiger partial charge in [0.2, 0.25) is 0 Å². The van der Waals surface area contributed by atoms with E-state index in [1.54, 1.807) is 31.2 Å².